The van der Waals surface area contributed by atoms with Crippen molar-refractivity contribution in [3.8, 4) is 0 Å². The maximum atomic E-state index is 12.7. The van der Waals surface area contributed by atoms with E-state index in [1.807, 2.05) is 12.1 Å². The van der Waals surface area contributed by atoms with E-state index in [9.17, 15) is 4.79 Å². The molecular formula is C20H25N5O2S. The summed E-state index contributed by atoms with van der Waals surface area (Å²) in [4.78, 5) is 12.7. The van der Waals surface area contributed by atoms with Crippen LogP contribution in [-0.4, -0.2) is 31.9 Å². The third kappa shape index (κ3) is 4.81. The fourth-order valence-corrected chi connectivity index (χ4v) is 3.63. The van der Waals surface area contributed by atoms with E-state index in [1.54, 1.807) is 10.9 Å². The van der Waals surface area contributed by atoms with Crippen molar-refractivity contribution in [2.24, 2.45) is 0 Å². The number of tetrazole rings is 1. The SMILES string of the molecule is CC(C)c1cccc(C(C)C)c1NC(=O)CSc1nnnn1Cc1ccco1. The van der Waals surface area contributed by atoms with Gasteiger partial charge in [-0.25, -0.2) is 4.68 Å². The number of anilines is 1. The molecule has 1 N–H and O–H groups in total. The summed E-state index contributed by atoms with van der Waals surface area (Å²) in [5.41, 5.74) is 3.22. The average molecular weight is 400 g/mol. The first kappa shape index (κ1) is 20.1. The molecule has 0 aliphatic carbocycles. The number of nitrogens with one attached hydrogen (secondary N) is 1. The number of hydrogen-bond acceptors (Lipinski definition) is 6. The van der Waals surface area contributed by atoms with Gasteiger partial charge in [0.15, 0.2) is 0 Å². The maximum absolute atomic E-state index is 12.7. The fourth-order valence-electron chi connectivity index (χ4n) is 2.95. The number of hydrogen-bond donors (Lipinski definition) is 1. The van der Waals surface area contributed by atoms with Crippen LogP contribution in [0.4, 0.5) is 5.69 Å². The lowest BCUT2D eigenvalue weighted by Crippen LogP contribution is -2.18. The van der Waals surface area contributed by atoms with Gasteiger partial charge in [-0.2, -0.15) is 0 Å². The predicted molar refractivity (Wildman–Crippen MR) is 110 cm³/mol. The Morgan fingerprint density at radius 3 is 2.46 bits per heavy atom. The van der Waals surface area contributed by atoms with Gasteiger partial charge in [0.2, 0.25) is 11.1 Å². The molecule has 0 fully saturated rings. The van der Waals surface area contributed by atoms with Crippen LogP contribution in [0.3, 0.4) is 0 Å². The zero-order chi connectivity index (χ0) is 20.1. The van der Waals surface area contributed by atoms with E-state index in [-0.39, 0.29) is 11.7 Å². The predicted octanol–water partition coefficient (Wildman–Crippen LogP) is 4.29. The maximum Gasteiger partial charge on any atom is 0.234 e. The summed E-state index contributed by atoms with van der Waals surface area (Å²) in [5, 5.41) is 15.4. The quantitative estimate of drug-likeness (QED) is 0.569. The molecule has 148 valence electrons. The number of nitrogens with zero attached hydrogens (tertiary/aromatic N) is 4. The molecule has 0 saturated carbocycles. The van der Waals surface area contributed by atoms with Gasteiger partial charge in [0, 0.05) is 5.69 Å². The lowest BCUT2D eigenvalue weighted by molar-refractivity contribution is -0.113. The molecule has 28 heavy (non-hydrogen) atoms. The van der Waals surface area contributed by atoms with Crippen molar-refractivity contribution >= 4 is 23.4 Å². The number of furan rings is 1. The molecule has 0 bridgehead atoms. The van der Waals surface area contributed by atoms with E-state index in [0.29, 0.717) is 23.5 Å². The molecule has 2 aromatic heterocycles. The van der Waals surface area contributed by atoms with Crippen LogP contribution in [0.5, 0.6) is 0 Å². The molecule has 3 rings (SSSR count). The topological polar surface area (TPSA) is 85.8 Å². The van der Waals surface area contributed by atoms with Crippen molar-refractivity contribution in [1.29, 1.82) is 0 Å². The first-order valence-electron chi connectivity index (χ1n) is 9.29. The van der Waals surface area contributed by atoms with Crippen molar-refractivity contribution in [3.63, 3.8) is 0 Å². The summed E-state index contributed by atoms with van der Waals surface area (Å²) < 4.78 is 6.96. The van der Waals surface area contributed by atoms with Gasteiger partial charge in [-0.05, 0) is 45.5 Å². The Morgan fingerprint density at radius 1 is 1.14 bits per heavy atom. The Hall–Kier alpha value is -2.61. The van der Waals surface area contributed by atoms with E-state index in [1.165, 1.54) is 11.8 Å². The standard InChI is InChI=1S/C20H25N5O2S/c1-13(2)16-8-5-9-17(14(3)4)19(16)21-18(26)12-28-20-22-23-24-25(20)11-15-7-6-10-27-15/h5-10,13-14H,11-12H2,1-4H3,(H,21,26). The third-order valence-electron chi connectivity index (χ3n) is 4.35. The number of carbonyl (C=O) groups excluding carboxylic acids is 1. The third-order valence-corrected chi connectivity index (χ3v) is 5.31. The van der Waals surface area contributed by atoms with Crippen molar-refractivity contribution < 1.29 is 9.21 Å². The largest absolute Gasteiger partial charge is 0.467 e. The molecular weight excluding hydrogens is 374 g/mol. The minimum atomic E-state index is -0.0763. The van der Waals surface area contributed by atoms with Crippen LogP contribution in [-0.2, 0) is 11.3 Å². The molecule has 1 amide bonds. The second-order valence-corrected chi connectivity index (χ2v) is 8.10. The zero-order valence-electron chi connectivity index (χ0n) is 16.5. The Bertz CT molecular complexity index is 892. The molecule has 0 aliphatic rings. The Labute approximate surface area is 168 Å². The Morgan fingerprint density at radius 2 is 1.86 bits per heavy atom. The van der Waals surface area contributed by atoms with Crippen LogP contribution in [0, 0.1) is 0 Å². The van der Waals surface area contributed by atoms with E-state index < -0.39 is 0 Å². The molecule has 2 heterocycles. The molecule has 0 radical (unpaired) electrons. The highest BCUT2D eigenvalue weighted by molar-refractivity contribution is 7.99. The van der Waals surface area contributed by atoms with Crippen LogP contribution in [0.2, 0.25) is 0 Å². The monoisotopic (exact) mass is 399 g/mol. The van der Waals surface area contributed by atoms with Gasteiger partial charge in [-0.3, -0.25) is 4.79 Å². The normalized spacial score (nSPS) is 11.4. The summed E-state index contributed by atoms with van der Waals surface area (Å²) >= 11 is 1.30. The number of carbonyl (C=O) groups is 1. The molecule has 0 spiro atoms. The lowest BCUT2D eigenvalue weighted by atomic mass is 9.92. The Balaban J connectivity index is 1.68. The number of thioether (sulfide) groups is 1. The van der Waals surface area contributed by atoms with Gasteiger partial charge in [0.25, 0.3) is 0 Å². The first-order chi connectivity index (χ1) is 13.5. The number of aromatic nitrogens is 4. The summed E-state index contributed by atoms with van der Waals surface area (Å²) in [5.74, 6) is 1.55. The van der Waals surface area contributed by atoms with Gasteiger partial charge in [0.1, 0.15) is 12.3 Å². The molecule has 0 saturated heterocycles. The average Bonchev–Trinajstić information content (AvgIpc) is 3.32. The van der Waals surface area contributed by atoms with Crippen LogP contribution < -0.4 is 5.32 Å². The van der Waals surface area contributed by atoms with Gasteiger partial charge in [0.05, 0.1) is 12.0 Å². The van der Waals surface area contributed by atoms with Crippen LogP contribution in [0.15, 0.2) is 46.2 Å². The van der Waals surface area contributed by atoms with Gasteiger partial charge in [-0.1, -0.05) is 57.7 Å². The minimum absolute atomic E-state index is 0.0763. The summed E-state index contributed by atoms with van der Waals surface area (Å²) in [6.45, 7) is 8.95. The van der Waals surface area contributed by atoms with Gasteiger partial charge in [-0.15, -0.1) is 5.10 Å². The number of benzene rings is 1. The molecule has 1 aromatic carbocycles. The minimum Gasteiger partial charge on any atom is -0.467 e. The van der Waals surface area contributed by atoms with Crippen LogP contribution in [0.25, 0.3) is 0 Å². The van der Waals surface area contributed by atoms with Crippen molar-refractivity contribution in [2.45, 2.75) is 51.2 Å². The zero-order valence-corrected chi connectivity index (χ0v) is 17.4. The van der Waals surface area contributed by atoms with E-state index in [2.05, 4.69) is 66.7 Å². The molecule has 0 aliphatic heterocycles. The van der Waals surface area contributed by atoms with Crippen molar-refractivity contribution in [3.05, 3.63) is 53.5 Å². The summed E-state index contributed by atoms with van der Waals surface area (Å²) in [6, 6.07) is 9.88. The molecule has 0 atom stereocenters. The molecule has 3 aromatic rings. The van der Waals surface area contributed by atoms with Crippen LogP contribution >= 0.6 is 11.8 Å². The highest BCUT2D eigenvalue weighted by Gasteiger charge is 2.17. The number of rotatable bonds is 8. The highest BCUT2D eigenvalue weighted by atomic mass is 32.2. The highest BCUT2D eigenvalue weighted by Crippen LogP contribution is 2.32. The molecule has 8 heteroatoms. The fraction of sp³-hybridized carbons (Fsp3) is 0.400. The van der Waals surface area contributed by atoms with E-state index >= 15 is 0 Å². The summed E-state index contributed by atoms with van der Waals surface area (Å²) in [6.07, 6.45) is 1.61. The first-order valence-corrected chi connectivity index (χ1v) is 10.3. The summed E-state index contributed by atoms with van der Waals surface area (Å²) in [7, 11) is 0. The van der Waals surface area contributed by atoms with Crippen LogP contribution in [0.1, 0.15) is 56.4 Å². The molecule has 7 nitrogen and oxygen atoms in total. The van der Waals surface area contributed by atoms with Gasteiger partial charge < -0.3 is 9.73 Å². The van der Waals surface area contributed by atoms with Gasteiger partial charge >= 0.3 is 0 Å². The van der Waals surface area contributed by atoms with E-state index in [4.69, 9.17) is 4.42 Å². The van der Waals surface area contributed by atoms with E-state index in [0.717, 1.165) is 22.6 Å². The van der Waals surface area contributed by atoms with Crippen molar-refractivity contribution in [2.75, 3.05) is 11.1 Å². The number of amides is 1. The number of para-hydroxylation sites is 1. The second kappa shape index (κ2) is 9.05. The van der Waals surface area contributed by atoms with Crippen molar-refractivity contribution in [1.82, 2.24) is 20.2 Å². The molecule has 0 unspecified atom stereocenters. The Kier molecular flexibility index (Phi) is 6.51. The lowest BCUT2D eigenvalue weighted by Gasteiger charge is -2.20. The second-order valence-electron chi connectivity index (χ2n) is 7.16. The smallest absolute Gasteiger partial charge is 0.234 e.